The fraction of sp³-hybridized carbons (Fsp3) is 0.407. The van der Waals surface area contributed by atoms with Gasteiger partial charge >= 0.3 is 18.2 Å². The lowest BCUT2D eigenvalue weighted by Gasteiger charge is -2.40. The van der Waals surface area contributed by atoms with Crippen molar-refractivity contribution in [2.24, 2.45) is 0 Å². The van der Waals surface area contributed by atoms with Crippen molar-refractivity contribution in [2.45, 2.75) is 64.4 Å². The summed E-state index contributed by atoms with van der Waals surface area (Å²) in [5, 5.41) is 19.8. The van der Waals surface area contributed by atoms with Crippen LogP contribution in [-0.2, 0) is 11.4 Å². The lowest BCUT2D eigenvalue weighted by molar-refractivity contribution is -0.192. The Morgan fingerprint density at radius 2 is 1.64 bits per heavy atom. The molecule has 0 radical (unpaired) electrons. The van der Waals surface area contributed by atoms with Crippen molar-refractivity contribution in [3.8, 4) is 5.75 Å². The van der Waals surface area contributed by atoms with Gasteiger partial charge in [0.05, 0.1) is 16.8 Å². The van der Waals surface area contributed by atoms with Gasteiger partial charge in [-0.25, -0.2) is 23.4 Å². The fourth-order valence-corrected chi connectivity index (χ4v) is 4.52. The van der Waals surface area contributed by atoms with Crippen LogP contribution in [0.3, 0.4) is 0 Å². The first-order valence-electron chi connectivity index (χ1n) is 12.5. The maximum atomic E-state index is 14.0. The van der Waals surface area contributed by atoms with E-state index in [1.54, 1.807) is 29.7 Å². The minimum absolute atomic E-state index is 0.171. The molecule has 1 aliphatic carbocycles. The highest BCUT2D eigenvalue weighted by Crippen LogP contribution is 2.45. The Morgan fingerprint density at radius 3 is 2.12 bits per heavy atom. The molecule has 1 aliphatic rings. The normalized spacial score (nSPS) is 14.0. The predicted octanol–water partition coefficient (Wildman–Crippen LogP) is 5.17. The number of fused-ring (bicyclic) bond motifs is 1. The van der Waals surface area contributed by atoms with Crippen LogP contribution in [0.15, 0.2) is 36.5 Å². The van der Waals surface area contributed by atoms with Crippen molar-refractivity contribution in [1.29, 1.82) is 0 Å². The van der Waals surface area contributed by atoms with Crippen LogP contribution in [0.1, 0.15) is 55.4 Å². The molecule has 0 saturated heterocycles. The maximum absolute atomic E-state index is 14.0. The highest BCUT2D eigenvalue weighted by molar-refractivity contribution is 5.95. The molecule has 2 aromatic heterocycles. The number of hydrogen-bond acceptors (Lipinski definition) is 5. The second-order valence-corrected chi connectivity index (χ2v) is 10.6. The molecule has 1 fully saturated rings. The van der Waals surface area contributed by atoms with Gasteiger partial charge in [-0.15, -0.1) is 0 Å². The zero-order chi connectivity index (χ0) is 31.6. The van der Waals surface area contributed by atoms with Crippen LogP contribution in [0.2, 0.25) is 0 Å². The molecule has 0 aliphatic heterocycles. The Balaban J connectivity index is 0.000000616. The number of aliphatic carboxylic acids is 1. The minimum atomic E-state index is -5.08. The predicted molar refractivity (Wildman–Crippen MR) is 138 cm³/mol. The maximum Gasteiger partial charge on any atom is 0.490 e. The van der Waals surface area contributed by atoms with Crippen LogP contribution in [0, 0.1) is 18.6 Å². The van der Waals surface area contributed by atoms with Crippen molar-refractivity contribution in [3.63, 3.8) is 0 Å². The van der Waals surface area contributed by atoms with Crippen LogP contribution < -0.4 is 10.1 Å². The number of alkyl halides is 3. The molecule has 2 heterocycles. The van der Waals surface area contributed by atoms with Crippen LogP contribution in [0.4, 0.5) is 26.7 Å². The first kappa shape index (κ1) is 32.1. The van der Waals surface area contributed by atoms with Crippen molar-refractivity contribution < 1.29 is 51.3 Å². The number of amides is 2. The lowest BCUT2D eigenvalue weighted by atomic mass is 10.0. The monoisotopic (exact) mass is 600 g/mol. The molecular weight excluding hydrogens is 571 g/mol. The first-order chi connectivity index (χ1) is 19.4. The fourth-order valence-electron chi connectivity index (χ4n) is 4.52. The summed E-state index contributed by atoms with van der Waals surface area (Å²) in [6, 6.07) is 6.84. The standard InChI is InChI=1S/C25H28F2N4O4.C2HF3O2/c1-15-20(22(32)28-14-25(10-11-25)31(23(33)34)24(2,3)4)30-12-6-9-19(21(30)29-15)35-13-16-17(26)7-5-8-18(16)27;3-2(4,5)1(6)7/h5-9,12H,10-11,13-14H2,1-4H3,(H,28,32)(H,33,34);(H,6,7). The Labute approximate surface area is 236 Å². The average Bonchev–Trinajstić information content (AvgIpc) is 3.54. The van der Waals surface area contributed by atoms with E-state index >= 15 is 0 Å². The molecule has 3 aromatic rings. The van der Waals surface area contributed by atoms with E-state index in [4.69, 9.17) is 14.6 Å². The Kier molecular flexibility index (Phi) is 9.03. The van der Waals surface area contributed by atoms with E-state index < -0.39 is 46.9 Å². The molecule has 42 heavy (non-hydrogen) atoms. The lowest BCUT2D eigenvalue weighted by Crippen LogP contribution is -2.56. The molecule has 0 unspecified atom stereocenters. The number of aromatic nitrogens is 2. The third-order valence-corrected chi connectivity index (χ3v) is 6.42. The van der Waals surface area contributed by atoms with Gasteiger partial charge in [0.15, 0.2) is 11.4 Å². The van der Waals surface area contributed by atoms with E-state index in [2.05, 4.69) is 10.3 Å². The van der Waals surface area contributed by atoms with Crippen LogP contribution >= 0.6 is 0 Å². The molecule has 2 amide bonds. The average molecular weight is 601 g/mol. The summed E-state index contributed by atoms with van der Waals surface area (Å²) < 4.78 is 66.9. The largest absolute Gasteiger partial charge is 0.490 e. The van der Waals surface area contributed by atoms with Crippen molar-refractivity contribution in [3.05, 3.63) is 65.1 Å². The minimum Gasteiger partial charge on any atom is -0.485 e. The van der Waals surface area contributed by atoms with E-state index in [0.29, 0.717) is 24.2 Å². The number of carbonyl (C=O) groups is 3. The number of carbonyl (C=O) groups excluding carboxylic acids is 1. The zero-order valence-electron chi connectivity index (χ0n) is 23.1. The van der Waals surface area contributed by atoms with Crippen LogP contribution in [0.5, 0.6) is 5.75 Å². The second kappa shape index (κ2) is 11.8. The van der Waals surface area contributed by atoms with Crippen LogP contribution in [0.25, 0.3) is 5.65 Å². The third kappa shape index (κ3) is 7.06. The number of imidazole rings is 1. The summed E-state index contributed by atoms with van der Waals surface area (Å²) in [7, 11) is 0. The highest BCUT2D eigenvalue weighted by atomic mass is 19.4. The van der Waals surface area contributed by atoms with Gasteiger partial charge in [-0.2, -0.15) is 13.2 Å². The number of benzene rings is 1. The van der Waals surface area contributed by atoms with Gasteiger partial charge < -0.3 is 20.3 Å². The molecule has 10 nitrogen and oxygen atoms in total. The number of pyridine rings is 1. The third-order valence-electron chi connectivity index (χ3n) is 6.42. The van der Waals surface area contributed by atoms with Gasteiger partial charge in [0.1, 0.15) is 23.9 Å². The number of nitrogens with one attached hydrogen (secondary N) is 1. The summed E-state index contributed by atoms with van der Waals surface area (Å²) in [4.78, 5) is 39.8. The molecule has 4 rings (SSSR count). The summed E-state index contributed by atoms with van der Waals surface area (Å²) in [5.41, 5.74) is -0.424. The van der Waals surface area contributed by atoms with Gasteiger partial charge in [-0.05, 0) is 64.8 Å². The Bertz CT molecular complexity index is 1470. The summed E-state index contributed by atoms with van der Waals surface area (Å²) in [6.07, 6.45) is -3.14. The number of carboxylic acid groups (broad SMARTS) is 2. The number of rotatable bonds is 7. The van der Waals surface area contributed by atoms with E-state index in [1.165, 1.54) is 11.0 Å². The molecule has 0 bridgehead atoms. The number of ether oxygens (including phenoxy) is 1. The quantitative estimate of drug-likeness (QED) is 0.319. The van der Waals surface area contributed by atoms with E-state index in [0.717, 1.165) is 12.1 Å². The van der Waals surface area contributed by atoms with E-state index in [9.17, 15) is 36.6 Å². The molecule has 1 saturated carbocycles. The first-order valence-corrected chi connectivity index (χ1v) is 12.5. The van der Waals surface area contributed by atoms with Gasteiger partial charge in [-0.1, -0.05) is 6.07 Å². The summed E-state index contributed by atoms with van der Waals surface area (Å²) >= 11 is 0. The molecule has 15 heteroatoms. The molecular formula is C27H29F5N4O6. The number of nitrogens with zero attached hydrogens (tertiary/aromatic N) is 3. The smallest absolute Gasteiger partial charge is 0.485 e. The molecule has 0 spiro atoms. The van der Waals surface area contributed by atoms with E-state index in [-0.39, 0.29) is 30.2 Å². The molecule has 3 N–H and O–H groups in total. The van der Waals surface area contributed by atoms with Gasteiger partial charge in [0.2, 0.25) is 0 Å². The van der Waals surface area contributed by atoms with Crippen molar-refractivity contribution >= 4 is 23.6 Å². The molecule has 1 aromatic carbocycles. The topological polar surface area (TPSA) is 133 Å². The number of hydrogen-bond donors (Lipinski definition) is 3. The molecule has 0 atom stereocenters. The number of aryl methyl sites for hydroxylation is 1. The van der Waals surface area contributed by atoms with Crippen molar-refractivity contribution in [2.75, 3.05) is 6.54 Å². The van der Waals surface area contributed by atoms with Crippen molar-refractivity contribution in [1.82, 2.24) is 19.6 Å². The van der Waals surface area contributed by atoms with Gasteiger partial charge in [-0.3, -0.25) is 14.1 Å². The highest BCUT2D eigenvalue weighted by Gasteiger charge is 2.54. The Hall–Kier alpha value is -4.43. The zero-order valence-corrected chi connectivity index (χ0v) is 23.1. The van der Waals surface area contributed by atoms with Crippen LogP contribution in [-0.4, -0.2) is 66.3 Å². The SMILES string of the molecule is Cc1nc2c(OCc3c(F)cccc3F)cccn2c1C(=O)NCC1(N(C(=O)O)C(C)(C)C)CC1.O=C(O)C(F)(F)F. The van der Waals surface area contributed by atoms with Gasteiger partial charge in [0.25, 0.3) is 5.91 Å². The second-order valence-electron chi connectivity index (χ2n) is 10.6. The Morgan fingerprint density at radius 1 is 1.07 bits per heavy atom. The summed E-state index contributed by atoms with van der Waals surface area (Å²) in [5.74, 6) is -4.32. The molecule has 228 valence electrons. The summed E-state index contributed by atoms with van der Waals surface area (Å²) in [6.45, 7) is 6.98. The van der Waals surface area contributed by atoms with Gasteiger partial charge in [0, 0.05) is 18.3 Å². The number of carboxylic acids is 1. The van der Waals surface area contributed by atoms with E-state index in [1.807, 2.05) is 20.8 Å². The number of halogens is 5.